The lowest BCUT2D eigenvalue weighted by Gasteiger charge is -2.19. The molecule has 0 aliphatic heterocycles. The van der Waals surface area contributed by atoms with Crippen molar-refractivity contribution in [2.24, 2.45) is 0 Å². The molecule has 216 valence electrons. The van der Waals surface area contributed by atoms with Gasteiger partial charge in [-0.2, -0.15) is 0 Å². The summed E-state index contributed by atoms with van der Waals surface area (Å²) in [4.78, 5) is 36.1. The molecule has 4 rings (SSSR count). The molecule has 7 nitrogen and oxygen atoms in total. The fraction of sp³-hybridized carbons (Fsp3) is 0.375. The Morgan fingerprint density at radius 1 is 0.976 bits per heavy atom. The standard InChI is InChI=1S/C32H38N4O3S2/c1-32(2,3)28-19-34-29(39-28)21-40-31-20-35-30(41-31)18-26(38)16-22-11-13-24(14-12-22)36(4)15-7-9-25(37)17-23-8-5-6-10-27(23)33/h5-6,8,10-14,19-20H,7,9,15-18,21,33H2,1-4H3. The van der Waals surface area contributed by atoms with Crippen LogP contribution in [-0.2, 0) is 40.0 Å². The predicted octanol–water partition coefficient (Wildman–Crippen LogP) is 6.69. The Kier molecular flexibility index (Phi) is 10.4. The number of hydrogen-bond donors (Lipinski definition) is 1. The van der Waals surface area contributed by atoms with Gasteiger partial charge in [0.15, 0.2) is 0 Å². The third-order valence-electron chi connectivity index (χ3n) is 6.68. The van der Waals surface area contributed by atoms with Crippen LogP contribution in [0.5, 0.6) is 0 Å². The Morgan fingerprint density at radius 3 is 2.44 bits per heavy atom. The van der Waals surface area contributed by atoms with Crippen molar-refractivity contribution in [2.45, 2.75) is 68.3 Å². The number of oxazole rings is 1. The van der Waals surface area contributed by atoms with Gasteiger partial charge in [0.25, 0.3) is 0 Å². The highest BCUT2D eigenvalue weighted by Crippen LogP contribution is 2.30. The van der Waals surface area contributed by atoms with E-state index in [4.69, 9.17) is 10.2 Å². The molecule has 0 aliphatic carbocycles. The first-order chi connectivity index (χ1) is 19.6. The average Bonchev–Trinajstić information content (AvgIpc) is 3.59. The van der Waals surface area contributed by atoms with Gasteiger partial charge >= 0.3 is 0 Å². The first kappa shape index (κ1) is 30.5. The van der Waals surface area contributed by atoms with Crippen LogP contribution in [0, 0.1) is 0 Å². The molecular weight excluding hydrogens is 553 g/mol. The zero-order valence-corrected chi connectivity index (χ0v) is 25.8. The molecule has 4 aromatic rings. The highest BCUT2D eigenvalue weighted by molar-refractivity contribution is 8.00. The molecule has 0 amide bonds. The molecule has 41 heavy (non-hydrogen) atoms. The van der Waals surface area contributed by atoms with Gasteiger partial charge in [0.05, 0.1) is 28.8 Å². The average molecular weight is 591 g/mol. The van der Waals surface area contributed by atoms with Crippen LogP contribution < -0.4 is 10.6 Å². The molecule has 0 aliphatic rings. The summed E-state index contributed by atoms with van der Waals surface area (Å²) in [5.74, 6) is 2.53. The number of aromatic nitrogens is 2. The number of hydrogen-bond acceptors (Lipinski definition) is 9. The normalized spacial score (nSPS) is 11.5. The smallest absolute Gasteiger partial charge is 0.204 e. The summed E-state index contributed by atoms with van der Waals surface area (Å²) in [6.45, 7) is 7.07. The highest BCUT2D eigenvalue weighted by atomic mass is 32.2. The molecule has 0 saturated heterocycles. The van der Waals surface area contributed by atoms with Crippen molar-refractivity contribution in [2.75, 3.05) is 24.2 Å². The van der Waals surface area contributed by atoms with E-state index in [0.29, 0.717) is 43.0 Å². The van der Waals surface area contributed by atoms with Crippen LogP contribution in [0.15, 0.2) is 69.6 Å². The van der Waals surface area contributed by atoms with Crippen molar-refractivity contribution in [3.05, 3.63) is 88.7 Å². The number of rotatable bonds is 14. The topological polar surface area (TPSA) is 102 Å². The van der Waals surface area contributed by atoms with E-state index in [0.717, 1.165) is 44.8 Å². The number of carbonyl (C=O) groups is 2. The first-order valence-corrected chi connectivity index (χ1v) is 15.6. The number of para-hydroxylation sites is 1. The van der Waals surface area contributed by atoms with Crippen molar-refractivity contribution in [1.29, 1.82) is 0 Å². The number of ketones is 2. The quantitative estimate of drug-likeness (QED) is 0.128. The molecule has 0 unspecified atom stereocenters. The third kappa shape index (κ3) is 9.30. The maximum absolute atomic E-state index is 12.7. The number of thiazole rings is 1. The molecule has 0 bridgehead atoms. The Hall–Kier alpha value is -3.43. The number of carbonyl (C=O) groups excluding carboxylic acids is 2. The van der Waals surface area contributed by atoms with Crippen LogP contribution in [-0.4, -0.2) is 35.1 Å². The van der Waals surface area contributed by atoms with E-state index in [9.17, 15) is 9.59 Å². The van der Waals surface area contributed by atoms with Crippen molar-refractivity contribution in [3.63, 3.8) is 0 Å². The fourth-order valence-corrected chi connectivity index (χ4v) is 6.17. The van der Waals surface area contributed by atoms with Gasteiger partial charge in [0.1, 0.15) is 22.3 Å². The van der Waals surface area contributed by atoms with E-state index in [-0.39, 0.29) is 17.0 Å². The SMILES string of the molecule is CN(CCCC(=O)Cc1ccccc1N)c1ccc(CC(=O)Cc2ncc(SCc3ncc(C(C)(C)C)o3)s2)cc1. The minimum atomic E-state index is -0.0648. The van der Waals surface area contributed by atoms with Crippen molar-refractivity contribution in [1.82, 2.24) is 9.97 Å². The van der Waals surface area contributed by atoms with Gasteiger partial charge < -0.3 is 15.1 Å². The maximum Gasteiger partial charge on any atom is 0.204 e. The third-order valence-corrected chi connectivity index (χ3v) is 8.86. The lowest BCUT2D eigenvalue weighted by atomic mass is 9.94. The van der Waals surface area contributed by atoms with Crippen LogP contribution >= 0.6 is 23.1 Å². The molecule has 9 heteroatoms. The molecule has 0 fully saturated rings. The molecule has 2 aromatic carbocycles. The minimum Gasteiger partial charge on any atom is -0.444 e. The van der Waals surface area contributed by atoms with Gasteiger partial charge in [0, 0.05) is 49.6 Å². The summed E-state index contributed by atoms with van der Waals surface area (Å²) in [5.41, 5.74) is 9.49. The first-order valence-electron chi connectivity index (χ1n) is 13.8. The predicted molar refractivity (Wildman–Crippen MR) is 168 cm³/mol. The van der Waals surface area contributed by atoms with E-state index >= 15 is 0 Å². The number of Topliss-reactive ketones (excluding diaryl/α,β-unsaturated/α-hetero) is 2. The number of nitrogen functional groups attached to an aromatic ring is 1. The molecule has 2 heterocycles. The van der Waals surface area contributed by atoms with Gasteiger partial charge in [-0.25, -0.2) is 9.97 Å². The zero-order chi connectivity index (χ0) is 29.4. The number of thioether (sulfide) groups is 1. The Balaban J connectivity index is 1.18. The second-order valence-corrected chi connectivity index (χ2v) is 13.6. The second kappa shape index (κ2) is 14.0. The Morgan fingerprint density at radius 2 is 1.73 bits per heavy atom. The van der Waals surface area contributed by atoms with Crippen LogP contribution in [0.4, 0.5) is 11.4 Å². The van der Waals surface area contributed by atoms with Crippen LogP contribution in [0.1, 0.15) is 61.4 Å². The number of benzene rings is 2. The molecule has 0 spiro atoms. The molecule has 2 N–H and O–H groups in total. The fourth-order valence-electron chi connectivity index (χ4n) is 4.26. The van der Waals surface area contributed by atoms with Crippen LogP contribution in [0.2, 0.25) is 0 Å². The van der Waals surface area contributed by atoms with E-state index in [1.165, 1.54) is 0 Å². The van der Waals surface area contributed by atoms with E-state index in [1.807, 2.05) is 61.8 Å². The van der Waals surface area contributed by atoms with Gasteiger partial charge in [-0.15, -0.1) is 23.1 Å². The number of nitrogens with two attached hydrogens (primary N) is 1. The highest BCUT2D eigenvalue weighted by Gasteiger charge is 2.19. The van der Waals surface area contributed by atoms with Crippen LogP contribution in [0.3, 0.4) is 0 Å². The summed E-state index contributed by atoms with van der Waals surface area (Å²) >= 11 is 3.17. The summed E-state index contributed by atoms with van der Waals surface area (Å²) < 4.78 is 6.90. The molecule has 0 atom stereocenters. The van der Waals surface area contributed by atoms with Gasteiger partial charge in [-0.05, 0) is 35.7 Å². The van der Waals surface area contributed by atoms with E-state index in [1.54, 1.807) is 29.3 Å². The lowest BCUT2D eigenvalue weighted by Crippen LogP contribution is -2.19. The summed E-state index contributed by atoms with van der Waals surface area (Å²) in [6, 6.07) is 15.6. The van der Waals surface area contributed by atoms with Gasteiger partial charge in [-0.3, -0.25) is 9.59 Å². The van der Waals surface area contributed by atoms with E-state index in [2.05, 4.69) is 35.6 Å². The number of nitrogens with zero attached hydrogens (tertiary/aromatic N) is 3. The van der Waals surface area contributed by atoms with Crippen molar-refractivity contribution >= 4 is 46.0 Å². The van der Waals surface area contributed by atoms with Crippen LogP contribution in [0.25, 0.3) is 0 Å². The molecule has 0 radical (unpaired) electrons. The van der Waals surface area contributed by atoms with E-state index < -0.39 is 0 Å². The lowest BCUT2D eigenvalue weighted by molar-refractivity contribution is -0.119. The molecule has 0 saturated carbocycles. The second-order valence-electron chi connectivity index (χ2n) is 11.2. The summed E-state index contributed by atoms with van der Waals surface area (Å²) in [5, 5.41) is 0.820. The summed E-state index contributed by atoms with van der Waals surface area (Å²) in [6.07, 6.45) is 5.97. The molecular formula is C32H38N4O3S2. The zero-order valence-electron chi connectivity index (χ0n) is 24.2. The number of anilines is 2. The Bertz CT molecular complexity index is 1450. The monoisotopic (exact) mass is 590 g/mol. The van der Waals surface area contributed by atoms with Crippen molar-refractivity contribution in [3.8, 4) is 0 Å². The maximum atomic E-state index is 12.7. The largest absolute Gasteiger partial charge is 0.444 e. The van der Waals surface area contributed by atoms with Gasteiger partial charge in [-0.1, -0.05) is 51.1 Å². The summed E-state index contributed by atoms with van der Waals surface area (Å²) in [7, 11) is 2.02. The van der Waals surface area contributed by atoms with Gasteiger partial charge in [0.2, 0.25) is 5.89 Å². The Labute approximate surface area is 250 Å². The minimum absolute atomic E-state index is 0.0648. The molecule has 2 aromatic heterocycles. The van der Waals surface area contributed by atoms with Crippen molar-refractivity contribution < 1.29 is 14.0 Å².